The fourth-order valence-corrected chi connectivity index (χ4v) is 1.79. The number of ether oxygens (including phenoxy) is 1. The van der Waals surface area contributed by atoms with Crippen molar-refractivity contribution in [2.24, 2.45) is 0 Å². The first-order valence-corrected chi connectivity index (χ1v) is 7.02. The molecule has 0 unspecified atom stereocenters. The van der Waals surface area contributed by atoms with Gasteiger partial charge in [-0.05, 0) is 58.0 Å². The maximum atomic E-state index is 10.6. The molecule has 0 saturated carbocycles. The van der Waals surface area contributed by atoms with E-state index < -0.39 is 12.1 Å². The van der Waals surface area contributed by atoms with Crippen molar-refractivity contribution < 1.29 is 27.8 Å². The van der Waals surface area contributed by atoms with E-state index in [0.717, 1.165) is 5.75 Å². The minimum atomic E-state index is -5.08. The van der Waals surface area contributed by atoms with Crippen molar-refractivity contribution in [2.45, 2.75) is 6.18 Å². The lowest BCUT2D eigenvalue weighted by atomic mass is 10.1. The zero-order chi connectivity index (χ0) is 16.8. The molecule has 0 spiro atoms. The first-order chi connectivity index (χ1) is 10.2. The number of methoxy groups -OCH3 is 1. The van der Waals surface area contributed by atoms with Crippen molar-refractivity contribution in [3.8, 4) is 16.9 Å². The van der Waals surface area contributed by atoms with Crippen LogP contribution in [0.25, 0.3) is 11.1 Å². The summed E-state index contributed by atoms with van der Waals surface area (Å²) >= 11 is 2.31. The molecule has 0 amide bonds. The van der Waals surface area contributed by atoms with Crippen molar-refractivity contribution >= 4 is 28.6 Å². The first kappa shape index (κ1) is 18.3. The van der Waals surface area contributed by atoms with Gasteiger partial charge in [-0.25, -0.2) is 4.79 Å². The molecule has 2 aromatic rings. The maximum absolute atomic E-state index is 10.6. The molecule has 1 N–H and O–H groups in total. The van der Waals surface area contributed by atoms with Crippen LogP contribution in [0.3, 0.4) is 0 Å². The number of alkyl halides is 3. The second-order valence-electron chi connectivity index (χ2n) is 4.04. The highest BCUT2D eigenvalue weighted by Crippen LogP contribution is 2.22. The zero-order valence-corrected chi connectivity index (χ0v) is 13.6. The SMILES string of the molecule is COc1ccc(-c2ccc(I)cc2)cc1.O=C(O)C(F)(F)F. The number of carboxylic acid groups (broad SMARTS) is 1. The quantitative estimate of drug-likeness (QED) is 0.718. The van der Waals surface area contributed by atoms with Crippen LogP contribution in [0.1, 0.15) is 0 Å². The van der Waals surface area contributed by atoms with Gasteiger partial charge in [-0.1, -0.05) is 24.3 Å². The molecule has 0 radical (unpaired) electrons. The van der Waals surface area contributed by atoms with E-state index in [9.17, 15) is 13.2 Å². The Hall–Kier alpha value is -1.77. The summed E-state index contributed by atoms with van der Waals surface area (Å²) in [6.45, 7) is 0. The standard InChI is InChI=1S/C13H11IO.C2HF3O2/c1-15-13-8-4-11(5-9-13)10-2-6-12(14)7-3-10;3-2(4,5)1(6)7/h2-9H,1H3;(H,6,7). The van der Waals surface area contributed by atoms with E-state index in [0.29, 0.717) is 0 Å². The van der Waals surface area contributed by atoms with E-state index in [-0.39, 0.29) is 0 Å². The summed E-state index contributed by atoms with van der Waals surface area (Å²) in [5.41, 5.74) is 2.45. The predicted octanol–water partition coefficient (Wildman–Crippen LogP) is 4.60. The van der Waals surface area contributed by atoms with E-state index in [1.807, 2.05) is 12.1 Å². The summed E-state index contributed by atoms with van der Waals surface area (Å²) in [6, 6.07) is 16.6. The van der Waals surface area contributed by atoms with Gasteiger partial charge in [0, 0.05) is 3.57 Å². The van der Waals surface area contributed by atoms with Crippen LogP contribution in [-0.2, 0) is 4.79 Å². The van der Waals surface area contributed by atoms with Crippen LogP contribution in [0.15, 0.2) is 48.5 Å². The van der Waals surface area contributed by atoms with E-state index in [1.54, 1.807) is 7.11 Å². The van der Waals surface area contributed by atoms with Gasteiger partial charge in [0.25, 0.3) is 0 Å². The van der Waals surface area contributed by atoms with Crippen molar-refractivity contribution in [2.75, 3.05) is 7.11 Å². The molecule has 0 aromatic heterocycles. The number of rotatable bonds is 2. The van der Waals surface area contributed by atoms with Crippen molar-refractivity contribution in [1.29, 1.82) is 0 Å². The van der Waals surface area contributed by atoms with E-state index in [2.05, 4.69) is 59.0 Å². The van der Waals surface area contributed by atoms with Gasteiger partial charge in [-0.15, -0.1) is 0 Å². The third-order valence-electron chi connectivity index (χ3n) is 2.51. The minimum absolute atomic E-state index is 0.893. The average Bonchev–Trinajstić information content (AvgIpc) is 2.48. The molecule has 0 aliphatic carbocycles. The summed E-state index contributed by atoms with van der Waals surface area (Å²) in [4.78, 5) is 8.90. The van der Waals surface area contributed by atoms with Gasteiger partial charge in [0.15, 0.2) is 0 Å². The minimum Gasteiger partial charge on any atom is -0.497 e. The summed E-state index contributed by atoms with van der Waals surface area (Å²) in [7, 11) is 1.68. The molecule has 22 heavy (non-hydrogen) atoms. The fourth-order valence-electron chi connectivity index (χ4n) is 1.43. The smallest absolute Gasteiger partial charge is 0.490 e. The Bertz CT molecular complexity index is 607. The lowest BCUT2D eigenvalue weighted by molar-refractivity contribution is -0.192. The molecule has 7 heteroatoms. The number of aliphatic carboxylic acids is 1. The van der Waals surface area contributed by atoms with Crippen LogP contribution in [0.2, 0.25) is 0 Å². The van der Waals surface area contributed by atoms with Gasteiger partial charge in [0.2, 0.25) is 0 Å². The van der Waals surface area contributed by atoms with Gasteiger partial charge in [0.1, 0.15) is 5.75 Å². The maximum Gasteiger partial charge on any atom is 0.490 e. The Morgan fingerprint density at radius 1 is 1.00 bits per heavy atom. The number of benzene rings is 2. The van der Waals surface area contributed by atoms with Crippen molar-refractivity contribution in [3.63, 3.8) is 0 Å². The van der Waals surface area contributed by atoms with Crippen molar-refractivity contribution in [1.82, 2.24) is 0 Å². The van der Waals surface area contributed by atoms with Gasteiger partial charge < -0.3 is 9.84 Å². The second-order valence-corrected chi connectivity index (χ2v) is 5.28. The van der Waals surface area contributed by atoms with E-state index in [1.165, 1.54) is 14.7 Å². The molecular formula is C15H12F3IO3. The molecule has 0 fully saturated rings. The lowest BCUT2D eigenvalue weighted by Gasteiger charge is -2.03. The number of carboxylic acids is 1. The van der Waals surface area contributed by atoms with Gasteiger partial charge >= 0.3 is 12.1 Å². The molecule has 0 aliphatic heterocycles. The Balaban J connectivity index is 0.000000295. The van der Waals surface area contributed by atoms with Crippen LogP contribution >= 0.6 is 22.6 Å². The topological polar surface area (TPSA) is 46.5 Å². The van der Waals surface area contributed by atoms with Crippen LogP contribution in [0, 0.1) is 3.57 Å². The number of hydrogen-bond donors (Lipinski definition) is 1. The zero-order valence-electron chi connectivity index (χ0n) is 11.4. The summed E-state index contributed by atoms with van der Waals surface area (Å²) < 4.78 is 38.1. The molecule has 0 saturated heterocycles. The Labute approximate surface area is 138 Å². The van der Waals surface area contributed by atoms with Gasteiger partial charge in [0.05, 0.1) is 7.11 Å². The predicted molar refractivity (Wildman–Crippen MR) is 84.8 cm³/mol. The third-order valence-corrected chi connectivity index (χ3v) is 3.23. The average molecular weight is 424 g/mol. The summed E-state index contributed by atoms with van der Waals surface area (Å²) in [6.07, 6.45) is -5.08. The van der Waals surface area contributed by atoms with Crippen LogP contribution in [0.4, 0.5) is 13.2 Å². The Morgan fingerprint density at radius 2 is 1.36 bits per heavy atom. The summed E-state index contributed by atoms with van der Waals surface area (Å²) in [5, 5.41) is 7.12. The Morgan fingerprint density at radius 3 is 1.68 bits per heavy atom. The molecule has 0 atom stereocenters. The van der Waals surface area contributed by atoms with Gasteiger partial charge in [-0.2, -0.15) is 13.2 Å². The number of carbonyl (C=O) groups is 1. The molecule has 2 aromatic carbocycles. The lowest BCUT2D eigenvalue weighted by Crippen LogP contribution is -2.21. The number of hydrogen-bond acceptors (Lipinski definition) is 2. The molecule has 118 valence electrons. The first-order valence-electron chi connectivity index (χ1n) is 5.94. The molecular weight excluding hydrogens is 412 g/mol. The van der Waals surface area contributed by atoms with Crippen molar-refractivity contribution in [3.05, 3.63) is 52.1 Å². The third kappa shape index (κ3) is 5.92. The highest BCUT2D eigenvalue weighted by Gasteiger charge is 2.38. The highest BCUT2D eigenvalue weighted by molar-refractivity contribution is 14.1. The summed E-state index contributed by atoms with van der Waals surface area (Å²) in [5.74, 6) is -1.86. The molecule has 0 aliphatic rings. The molecule has 0 heterocycles. The normalized spacial score (nSPS) is 10.4. The molecule has 2 rings (SSSR count). The second kappa shape index (κ2) is 8.02. The largest absolute Gasteiger partial charge is 0.497 e. The monoisotopic (exact) mass is 424 g/mol. The Kier molecular flexibility index (Phi) is 6.66. The van der Waals surface area contributed by atoms with Crippen LogP contribution in [-0.4, -0.2) is 24.4 Å². The van der Waals surface area contributed by atoms with E-state index in [4.69, 9.17) is 14.6 Å². The fraction of sp³-hybridized carbons (Fsp3) is 0.133. The van der Waals surface area contributed by atoms with E-state index >= 15 is 0 Å². The molecule has 3 nitrogen and oxygen atoms in total. The van der Waals surface area contributed by atoms with Gasteiger partial charge in [-0.3, -0.25) is 0 Å². The highest BCUT2D eigenvalue weighted by atomic mass is 127. The molecule has 0 bridgehead atoms. The van der Waals surface area contributed by atoms with Crippen LogP contribution < -0.4 is 4.74 Å². The van der Waals surface area contributed by atoms with Crippen LogP contribution in [0.5, 0.6) is 5.75 Å². The number of halogens is 4.